The monoisotopic (exact) mass is 1150 g/mol. The molecule has 12 heteroatoms. The van der Waals surface area contributed by atoms with Gasteiger partial charge in [0.05, 0.1) is 25.2 Å². The lowest BCUT2D eigenvalue weighted by molar-refractivity contribution is -0.121. The fourth-order valence-corrected chi connectivity index (χ4v) is 11.2. The topological polar surface area (TPSA) is 104 Å². The van der Waals surface area contributed by atoms with Crippen LogP contribution in [0.15, 0.2) is 120 Å². The van der Waals surface area contributed by atoms with Gasteiger partial charge < -0.3 is 14.2 Å². The Bertz CT molecular complexity index is 3870. The number of likely N-dealkylation sites (tertiary alicyclic amines) is 3. The highest BCUT2D eigenvalue weighted by molar-refractivity contribution is 7.89. The van der Waals surface area contributed by atoms with Gasteiger partial charge in [0.15, 0.2) is 0 Å². The third-order valence-corrected chi connectivity index (χ3v) is 15.7. The number of hydrogen-bond donors (Lipinski definition) is 1. The number of rotatable bonds is 9. The van der Waals surface area contributed by atoms with Crippen molar-refractivity contribution in [3.8, 4) is 160 Å². The third-order valence-electron chi connectivity index (χ3n) is 13.7. The van der Waals surface area contributed by atoms with Crippen LogP contribution in [0.1, 0.15) is 55.2 Å². The van der Waals surface area contributed by atoms with Gasteiger partial charge in [-0.15, -0.1) is 12.3 Å². The molecular weight excluding hydrogens is 1090 g/mol. The number of sulfonamides is 1. The van der Waals surface area contributed by atoms with E-state index in [4.69, 9.17) is 20.6 Å². The van der Waals surface area contributed by atoms with Crippen molar-refractivity contribution < 1.29 is 27.4 Å². The Morgan fingerprint density at radius 1 is 0.500 bits per heavy atom. The molecule has 5 aliphatic heterocycles. The standard InChI is InChI=1S/C27H3.C21H26N2O4S.C14H20N2O.C12H15NO/c1-3-5-7-9-11-13-15-17-19-21-23-25-27-26-24-22-20-18-16-14-12-10-8-6-4-2;1-26-19-7-9-20(10-8-19)28(24,25)23-15-16-27-21(23)11-13-22(14-12-21)17-18-5-3-2-4-6-18;1-2-4-13(5-3-1)12-16-9-6-14(7-10-16)15-8-11-17-14;14-12-6-8-13(9-7-12)10-11-4-2-1-3-5-11/h1H,2H2;2-10H,11-17H2,1H3;1-5,15H,6-12H2;1-5H,6-10H2/q-1;;;. The molecule has 86 heavy (non-hydrogen) atoms. The highest BCUT2D eigenvalue weighted by atomic mass is 32.2. The Morgan fingerprint density at radius 3 is 1.26 bits per heavy atom. The predicted molar refractivity (Wildman–Crippen MR) is 338 cm³/mol. The Morgan fingerprint density at radius 2 is 0.884 bits per heavy atom. The minimum Gasteiger partial charge on any atom is -0.497 e. The number of piperidine rings is 3. The third kappa shape index (κ3) is 23.4. The summed E-state index contributed by atoms with van der Waals surface area (Å²) in [7, 11) is -2.05. The number of ether oxygens (including phenoxy) is 3. The summed E-state index contributed by atoms with van der Waals surface area (Å²) in [5.74, 6) is 62.3. The molecule has 0 atom stereocenters. The minimum absolute atomic E-state index is 0.00713. The lowest BCUT2D eigenvalue weighted by Crippen LogP contribution is -2.54. The highest BCUT2D eigenvalue weighted by Gasteiger charge is 2.50. The normalized spacial score (nSPS) is 15.7. The zero-order chi connectivity index (χ0) is 60.6. The maximum absolute atomic E-state index is 13.3. The van der Waals surface area contributed by atoms with Gasteiger partial charge in [0, 0.05) is 146 Å². The largest absolute Gasteiger partial charge is 0.497 e. The van der Waals surface area contributed by atoms with Crippen LogP contribution in [0.25, 0.3) is 0 Å². The molecule has 5 aliphatic rings. The molecule has 9 rings (SSSR count). The number of carbonyl (C=O) groups is 1. The molecule has 4 aromatic rings. The quantitative estimate of drug-likeness (QED) is 0.145. The average molecular weight is 1150 g/mol. The number of methoxy groups -OCH3 is 1. The maximum atomic E-state index is 13.3. The summed E-state index contributed by atoms with van der Waals surface area (Å²) in [6.07, 6.45) is 9.94. The first-order chi connectivity index (χ1) is 42.2. The number of nitrogens with one attached hydrogen (secondary N) is 1. The molecule has 0 bridgehead atoms. The van der Waals surface area contributed by atoms with Crippen LogP contribution in [0.3, 0.4) is 0 Å². The Balaban J connectivity index is 0.000000190. The molecule has 0 amide bonds. The summed E-state index contributed by atoms with van der Waals surface area (Å²) in [6, 6.07) is 38.0. The molecule has 1 N–H and O–H groups in total. The molecule has 5 heterocycles. The summed E-state index contributed by atoms with van der Waals surface area (Å²) in [4.78, 5) is 18.5. The van der Waals surface area contributed by atoms with E-state index < -0.39 is 15.7 Å². The van der Waals surface area contributed by atoms with Crippen molar-refractivity contribution >= 4 is 15.8 Å². The fraction of sp³-hybridized carbons (Fsp3) is 0.297. The molecule has 5 fully saturated rings. The molecule has 2 spiro atoms. The Hall–Kier alpha value is -9.83. The van der Waals surface area contributed by atoms with Crippen molar-refractivity contribution in [1.82, 2.24) is 24.3 Å². The van der Waals surface area contributed by atoms with E-state index in [1.807, 2.05) is 24.3 Å². The molecule has 0 radical (unpaired) electrons. The van der Waals surface area contributed by atoms with Gasteiger partial charge in [-0.2, -0.15) is 11.2 Å². The molecule has 0 unspecified atom stereocenters. The lowest BCUT2D eigenvalue weighted by Gasteiger charge is -2.42. The summed E-state index contributed by atoms with van der Waals surface area (Å²) in [6.45, 7) is 14.7. The van der Waals surface area contributed by atoms with E-state index in [0.717, 1.165) is 97.7 Å². The number of terminal acetylenes is 1. The molecule has 4 aromatic carbocycles. The maximum Gasteiger partial charge on any atom is 0.245 e. The zero-order valence-corrected chi connectivity index (χ0v) is 49.2. The van der Waals surface area contributed by atoms with Crippen LogP contribution >= 0.6 is 0 Å². The van der Waals surface area contributed by atoms with Gasteiger partial charge in [-0.25, -0.2) is 14.3 Å². The van der Waals surface area contributed by atoms with Gasteiger partial charge in [0.2, 0.25) is 10.0 Å². The van der Waals surface area contributed by atoms with Crippen molar-refractivity contribution in [3.63, 3.8) is 0 Å². The van der Waals surface area contributed by atoms with Crippen molar-refractivity contribution in [2.45, 2.75) is 74.5 Å². The number of nitrogens with zero attached hydrogens (tertiary/aromatic N) is 4. The van der Waals surface area contributed by atoms with Gasteiger partial charge in [-0.3, -0.25) is 30.7 Å². The van der Waals surface area contributed by atoms with E-state index in [0.29, 0.717) is 37.5 Å². The Labute approximate surface area is 511 Å². The number of Topliss-reactive ketones (excluding diaryl/α,β-unsaturated/α-hetero) is 1. The summed E-state index contributed by atoms with van der Waals surface area (Å²) in [5, 5.41) is 3.51. The summed E-state index contributed by atoms with van der Waals surface area (Å²) < 4.78 is 45.1. The number of carbonyl (C=O) groups excluding carboxylic acids is 1. The van der Waals surface area contributed by atoms with Crippen LogP contribution in [0.2, 0.25) is 0 Å². The fourth-order valence-electron chi connectivity index (χ4n) is 9.45. The Kier molecular flexibility index (Phi) is 28.4. The summed E-state index contributed by atoms with van der Waals surface area (Å²) in [5.41, 5.74) is 3.29. The smallest absolute Gasteiger partial charge is 0.245 e. The second-order valence-electron chi connectivity index (χ2n) is 19.3. The van der Waals surface area contributed by atoms with Crippen LogP contribution in [0, 0.1) is 161 Å². The van der Waals surface area contributed by atoms with Gasteiger partial charge in [0.1, 0.15) is 23.0 Å². The lowest BCUT2D eigenvalue weighted by atomic mass is 10.00. The van der Waals surface area contributed by atoms with Gasteiger partial charge in [-0.05, 0) is 136 Å². The van der Waals surface area contributed by atoms with Crippen LogP contribution < -0.4 is 10.1 Å². The van der Waals surface area contributed by atoms with E-state index in [1.165, 1.54) is 16.7 Å². The van der Waals surface area contributed by atoms with E-state index in [9.17, 15) is 13.2 Å². The van der Waals surface area contributed by atoms with Crippen LogP contribution in [-0.2, 0) is 43.9 Å². The summed E-state index contributed by atoms with van der Waals surface area (Å²) >= 11 is 0. The van der Waals surface area contributed by atoms with Gasteiger partial charge >= 0.3 is 0 Å². The molecule has 0 aliphatic carbocycles. The second kappa shape index (κ2) is 37.4. The second-order valence-corrected chi connectivity index (χ2v) is 21.2. The molecular formula is C74H64N5O6S-. The van der Waals surface area contributed by atoms with Crippen LogP contribution in [0.4, 0.5) is 0 Å². The molecule has 0 aromatic heterocycles. The zero-order valence-electron chi connectivity index (χ0n) is 48.3. The molecule has 5 saturated heterocycles. The first-order valence-corrected chi connectivity index (χ1v) is 29.3. The minimum atomic E-state index is -3.61. The first kappa shape index (κ1) is 65.3. The van der Waals surface area contributed by atoms with Crippen molar-refractivity contribution in [2.75, 3.05) is 72.7 Å². The SMILES string of the molecule is C#CC#CC#CC#CC#CC#CC#CC#CC#CC#CC#CC#CC#C[CH2-].COc1ccc(S(=O)(=O)N2CCOC23CCN(Cc2ccccc2)CC3)cc1.O=C1CCN(Cc2ccccc2)CC1.c1ccc(CN2CCC3(CC2)NCCO3)cc1. The molecule has 0 saturated carbocycles. The van der Waals surface area contributed by atoms with Crippen LogP contribution in [0.5, 0.6) is 5.75 Å². The van der Waals surface area contributed by atoms with E-state index in [1.54, 1.807) is 35.7 Å². The van der Waals surface area contributed by atoms with Crippen molar-refractivity contribution in [2.24, 2.45) is 0 Å². The van der Waals surface area contributed by atoms with E-state index in [2.05, 4.69) is 242 Å². The van der Waals surface area contributed by atoms with Gasteiger partial charge in [0.25, 0.3) is 0 Å². The average Bonchev–Trinajstić information content (AvgIpc) is 1.75. The van der Waals surface area contributed by atoms with Crippen LogP contribution in [-0.4, -0.2) is 117 Å². The molecule has 11 nitrogen and oxygen atoms in total. The number of benzene rings is 4. The van der Waals surface area contributed by atoms with E-state index >= 15 is 0 Å². The first-order valence-electron chi connectivity index (χ1n) is 27.9. The number of ketones is 1. The van der Waals surface area contributed by atoms with Crippen molar-refractivity contribution in [3.05, 3.63) is 139 Å². The van der Waals surface area contributed by atoms with E-state index in [-0.39, 0.29) is 10.6 Å². The number of hydrogen-bond acceptors (Lipinski definition) is 10. The van der Waals surface area contributed by atoms with Gasteiger partial charge in [-0.1, -0.05) is 91.0 Å². The van der Waals surface area contributed by atoms with Crippen molar-refractivity contribution in [1.29, 1.82) is 0 Å². The highest BCUT2D eigenvalue weighted by Crippen LogP contribution is 2.39. The molecule has 428 valence electrons. The predicted octanol–water partition coefficient (Wildman–Crippen LogP) is 6.65.